The van der Waals surface area contributed by atoms with Crippen LogP contribution in [0.3, 0.4) is 0 Å². The molecule has 2 unspecified atom stereocenters. The molecule has 9 aromatic carbocycles. The van der Waals surface area contributed by atoms with E-state index in [-0.39, 0.29) is 17.6 Å². The number of aromatic nitrogens is 1. The summed E-state index contributed by atoms with van der Waals surface area (Å²) in [5, 5.41) is 15.5. The Morgan fingerprint density at radius 2 is 1.07 bits per heavy atom. The van der Waals surface area contributed by atoms with Crippen molar-refractivity contribution in [1.29, 1.82) is 0 Å². The molecule has 10 aromatic rings. The molecule has 0 radical (unpaired) electrons. The number of para-hydroxylation sites is 2. The first kappa shape index (κ1) is 33.2. The lowest BCUT2D eigenvalue weighted by Crippen LogP contribution is -2.37. The lowest BCUT2D eigenvalue weighted by Gasteiger charge is -2.35. The number of hydrogen-bond acceptors (Lipinski definition) is 2. The molecule has 2 aliphatic rings. The Balaban J connectivity index is 0.951. The number of anilines is 1. The van der Waals surface area contributed by atoms with Gasteiger partial charge in [-0.15, -0.1) is 0 Å². The van der Waals surface area contributed by atoms with Crippen molar-refractivity contribution in [2.45, 2.75) is 31.5 Å². The molecular weight excluding hydrogens is 703 g/mol. The van der Waals surface area contributed by atoms with Crippen LogP contribution in [0.4, 0.5) is 5.69 Å². The molecule has 276 valence electrons. The third-order valence-corrected chi connectivity index (χ3v) is 13.0. The van der Waals surface area contributed by atoms with Crippen molar-refractivity contribution in [3.8, 4) is 27.9 Å². The minimum Gasteiger partial charge on any atom is -0.366 e. The summed E-state index contributed by atoms with van der Waals surface area (Å²) < 4.78 is 2.52. The molecule has 12 rings (SSSR count). The fraction of sp³-hybridized carbons (Fsp3) is 0.0909. The highest BCUT2D eigenvalue weighted by molar-refractivity contribution is 6.21. The van der Waals surface area contributed by atoms with E-state index in [1.165, 1.54) is 105 Å². The van der Waals surface area contributed by atoms with Gasteiger partial charge in [-0.1, -0.05) is 178 Å². The largest absolute Gasteiger partial charge is 0.366 e. The van der Waals surface area contributed by atoms with Crippen LogP contribution in [0, 0.1) is 0 Å². The summed E-state index contributed by atoms with van der Waals surface area (Å²) in [5.74, 6) is 0. The van der Waals surface area contributed by atoms with Crippen LogP contribution < -0.4 is 10.6 Å². The highest BCUT2D eigenvalue weighted by Crippen LogP contribution is 2.57. The van der Waals surface area contributed by atoms with Gasteiger partial charge in [-0.2, -0.15) is 0 Å². The van der Waals surface area contributed by atoms with Gasteiger partial charge in [0.1, 0.15) is 6.17 Å². The quantitative estimate of drug-likeness (QED) is 0.176. The highest BCUT2D eigenvalue weighted by Gasteiger charge is 2.41. The monoisotopic (exact) mass is 743 g/mol. The van der Waals surface area contributed by atoms with Crippen LogP contribution in [0.25, 0.3) is 71.3 Å². The minimum absolute atomic E-state index is 0.0140. The van der Waals surface area contributed by atoms with E-state index >= 15 is 0 Å². The van der Waals surface area contributed by atoms with E-state index in [1.54, 1.807) is 0 Å². The lowest BCUT2D eigenvalue weighted by molar-refractivity contribution is 0.506. The molecule has 2 atom stereocenters. The molecule has 0 saturated heterocycles. The SMILES string of the molecule is CC1(C)c2c(c3ccccc3c3ccccc23)-c2ccc3c4ccccc4n(-c4ccc(-c5ccc(C6Nc7ccccc7C(c7ccccc7)N6)cc5)cc4)c3c21. The van der Waals surface area contributed by atoms with Gasteiger partial charge in [-0.25, -0.2) is 0 Å². The van der Waals surface area contributed by atoms with Crippen LogP contribution in [-0.4, -0.2) is 4.57 Å². The summed E-state index contributed by atoms with van der Waals surface area (Å²) in [5.41, 5.74) is 16.3. The van der Waals surface area contributed by atoms with Crippen molar-refractivity contribution in [2.75, 3.05) is 5.32 Å². The number of nitrogens with one attached hydrogen (secondary N) is 2. The van der Waals surface area contributed by atoms with E-state index in [2.05, 4.69) is 217 Å². The van der Waals surface area contributed by atoms with Crippen LogP contribution >= 0.6 is 0 Å². The first-order valence-electron chi connectivity index (χ1n) is 20.4. The number of nitrogens with zero attached hydrogens (tertiary/aromatic N) is 1. The van der Waals surface area contributed by atoms with Crippen LogP contribution in [0.2, 0.25) is 0 Å². The molecular formula is C55H41N3. The summed E-state index contributed by atoms with van der Waals surface area (Å²) >= 11 is 0. The van der Waals surface area contributed by atoms with Gasteiger partial charge < -0.3 is 9.88 Å². The average Bonchev–Trinajstić information content (AvgIpc) is 3.75. The zero-order valence-corrected chi connectivity index (χ0v) is 32.5. The molecule has 3 heteroatoms. The van der Waals surface area contributed by atoms with Crippen molar-refractivity contribution >= 4 is 49.0 Å². The maximum Gasteiger partial charge on any atom is 0.104 e. The molecule has 1 aliphatic heterocycles. The van der Waals surface area contributed by atoms with Crippen LogP contribution in [-0.2, 0) is 5.41 Å². The molecule has 0 spiro atoms. The summed E-state index contributed by atoms with van der Waals surface area (Å²) in [6, 6.07) is 69.3. The molecule has 0 fully saturated rings. The van der Waals surface area contributed by atoms with E-state index in [1.807, 2.05) is 0 Å². The molecule has 1 aliphatic carbocycles. The van der Waals surface area contributed by atoms with Gasteiger partial charge >= 0.3 is 0 Å². The molecule has 0 bridgehead atoms. The number of benzene rings is 9. The van der Waals surface area contributed by atoms with Gasteiger partial charge in [0.05, 0.1) is 17.1 Å². The van der Waals surface area contributed by atoms with E-state index in [4.69, 9.17) is 0 Å². The van der Waals surface area contributed by atoms with Crippen LogP contribution in [0.15, 0.2) is 188 Å². The minimum atomic E-state index is -0.229. The van der Waals surface area contributed by atoms with Gasteiger partial charge in [0.25, 0.3) is 0 Å². The summed E-state index contributed by atoms with van der Waals surface area (Å²) in [6.07, 6.45) is -0.0140. The Labute approximate surface area is 338 Å². The molecule has 1 aromatic heterocycles. The fourth-order valence-corrected chi connectivity index (χ4v) is 10.5. The van der Waals surface area contributed by atoms with E-state index in [0.29, 0.717) is 0 Å². The topological polar surface area (TPSA) is 29.0 Å². The lowest BCUT2D eigenvalue weighted by atomic mass is 9.78. The molecule has 2 heterocycles. The van der Waals surface area contributed by atoms with Crippen LogP contribution in [0.5, 0.6) is 0 Å². The summed E-state index contributed by atoms with van der Waals surface area (Å²) in [6.45, 7) is 4.87. The standard InChI is InChI=1S/C55H41N3/c1-55(2)50-43-20-9-7-17-40(43)39-16-6-8-19-42(39)49(50)46-33-32-44-41-18-11-13-23-48(41)58(53(44)51(46)55)38-30-28-35(29-31-38)34-24-26-37(27-25-34)54-56-47-22-12-10-21-45(47)52(57-54)36-14-4-3-5-15-36/h3-33,52,54,56-57H,1-2H3. The van der Waals surface area contributed by atoms with Gasteiger partial charge in [0, 0.05) is 27.6 Å². The normalized spacial score (nSPS) is 16.7. The van der Waals surface area contributed by atoms with Crippen molar-refractivity contribution in [3.63, 3.8) is 0 Å². The number of rotatable bonds is 4. The second kappa shape index (κ2) is 12.5. The van der Waals surface area contributed by atoms with E-state index < -0.39 is 0 Å². The van der Waals surface area contributed by atoms with Gasteiger partial charge in [0.2, 0.25) is 0 Å². The van der Waals surface area contributed by atoms with Crippen molar-refractivity contribution < 1.29 is 0 Å². The maximum absolute atomic E-state index is 3.89. The smallest absolute Gasteiger partial charge is 0.104 e. The fourth-order valence-electron chi connectivity index (χ4n) is 10.5. The number of hydrogen-bond donors (Lipinski definition) is 2. The summed E-state index contributed by atoms with van der Waals surface area (Å²) in [4.78, 5) is 0. The predicted molar refractivity (Wildman–Crippen MR) is 243 cm³/mol. The second-order valence-corrected chi connectivity index (χ2v) is 16.5. The summed E-state index contributed by atoms with van der Waals surface area (Å²) in [7, 11) is 0. The van der Waals surface area contributed by atoms with Gasteiger partial charge in [-0.3, -0.25) is 5.32 Å². The van der Waals surface area contributed by atoms with Crippen molar-refractivity contribution in [3.05, 3.63) is 216 Å². The van der Waals surface area contributed by atoms with E-state index in [9.17, 15) is 0 Å². The van der Waals surface area contributed by atoms with Crippen molar-refractivity contribution in [1.82, 2.24) is 9.88 Å². The molecule has 3 nitrogen and oxygen atoms in total. The first-order chi connectivity index (χ1) is 28.5. The molecule has 0 saturated carbocycles. The Kier molecular flexibility index (Phi) is 7.18. The Morgan fingerprint density at radius 1 is 0.466 bits per heavy atom. The van der Waals surface area contributed by atoms with E-state index in [0.717, 1.165) is 0 Å². The average molecular weight is 744 g/mol. The molecule has 2 N–H and O–H groups in total. The third kappa shape index (κ3) is 4.77. The predicted octanol–water partition coefficient (Wildman–Crippen LogP) is 13.9. The Hall–Kier alpha value is -6.94. The third-order valence-electron chi connectivity index (χ3n) is 13.0. The Bertz CT molecular complexity index is 3250. The zero-order valence-electron chi connectivity index (χ0n) is 32.5. The van der Waals surface area contributed by atoms with Gasteiger partial charge in [0.15, 0.2) is 0 Å². The Morgan fingerprint density at radius 3 is 1.83 bits per heavy atom. The molecule has 0 amide bonds. The number of fused-ring (bicyclic) bond motifs is 13. The maximum atomic E-state index is 3.89. The zero-order chi connectivity index (χ0) is 38.5. The first-order valence-corrected chi connectivity index (χ1v) is 20.4. The molecule has 58 heavy (non-hydrogen) atoms. The van der Waals surface area contributed by atoms with Crippen LogP contribution in [0.1, 0.15) is 53.9 Å². The van der Waals surface area contributed by atoms with Gasteiger partial charge in [-0.05, 0) is 95.9 Å². The highest BCUT2D eigenvalue weighted by atomic mass is 15.2. The second-order valence-electron chi connectivity index (χ2n) is 16.5. The van der Waals surface area contributed by atoms with Crippen molar-refractivity contribution in [2.24, 2.45) is 0 Å².